The fourth-order valence-electron chi connectivity index (χ4n) is 1.86. The molecule has 0 unspecified atom stereocenters. The molecule has 1 aliphatic heterocycles. The maximum atomic E-state index is 10.0. The largest absolute Gasteiger partial charge is 0.480 e. The second kappa shape index (κ2) is 13.1. The van der Waals surface area contributed by atoms with Crippen molar-refractivity contribution >= 4 is 44.0 Å². The van der Waals surface area contributed by atoms with Crippen LogP contribution in [0.15, 0.2) is 0 Å². The van der Waals surface area contributed by atoms with E-state index < -0.39 is 44.0 Å². The van der Waals surface area contributed by atoms with Crippen LogP contribution in [0.1, 0.15) is 0 Å². The van der Waals surface area contributed by atoms with Crippen LogP contribution in [0, 0.1) is 0 Å². The van der Waals surface area contributed by atoms with E-state index in [0.717, 1.165) is 32.7 Å². The number of hydrogen-bond donors (Lipinski definition) is 5. The molecule has 0 aromatic rings. The monoisotopic (exact) mass is 635 g/mol. The van der Waals surface area contributed by atoms with Crippen LogP contribution < -0.4 is 0 Å². The average Bonchev–Trinajstić information content (AvgIpc) is 1.84. The third-order valence-electron chi connectivity index (χ3n) is 1.89. The van der Waals surface area contributed by atoms with Gasteiger partial charge in [0, 0.05) is 126 Å². The van der Waals surface area contributed by atoms with Crippen molar-refractivity contribution in [1.82, 2.24) is 0 Å². The van der Waals surface area contributed by atoms with Gasteiger partial charge in [0.2, 0.25) is 0 Å². The molecule has 5 radical (unpaired) electrons. The number of rotatable bonds is 0. The van der Waals surface area contributed by atoms with Gasteiger partial charge in [-0.1, -0.05) is 0 Å². The first-order valence-electron chi connectivity index (χ1n) is 5.66. The van der Waals surface area contributed by atoms with Crippen molar-refractivity contribution in [2.45, 2.75) is 32.7 Å². The van der Waals surface area contributed by atoms with Gasteiger partial charge in [0.1, 0.15) is 0 Å². The first kappa shape index (κ1) is 39.1. The van der Waals surface area contributed by atoms with Gasteiger partial charge in [0.15, 0.2) is 0 Å². The molecular formula is C5H20O10Si5V5. The summed E-state index contributed by atoms with van der Waals surface area (Å²) in [7, 11) is -19.9. The molecule has 1 fully saturated rings. The summed E-state index contributed by atoms with van der Waals surface area (Å²) < 4.78 is 25.0. The molecule has 0 bridgehead atoms. The van der Waals surface area contributed by atoms with Crippen molar-refractivity contribution in [3.05, 3.63) is 0 Å². The van der Waals surface area contributed by atoms with Gasteiger partial charge in [-0.25, -0.2) is 0 Å². The van der Waals surface area contributed by atoms with Gasteiger partial charge in [-0.3, -0.25) is 0 Å². The Morgan fingerprint density at radius 3 is 0.520 bits per heavy atom. The third kappa shape index (κ3) is 16.0. The minimum absolute atomic E-state index is 0. The Morgan fingerprint density at radius 1 is 0.360 bits per heavy atom. The summed E-state index contributed by atoms with van der Waals surface area (Å²) in [5, 5.41) is 0. The second-order valence-electron chi connectivity index (χ2n) is 5.00. The molecule has 25 heavy (non-hydrogen) atoms. The Labute approximate surface area is 212 Å². The Balaban J connectivity index is -0.000000267. The summed E-state index contributed by atoms with van der Waals surface area (Å²) in [5.74, 6) is 0. The van der Waals surface area contributed by atoms with E-state index in [2.05, 4.69) is 0 Å². The predicted molar refractivity (Wildman–Crippen MR) is 74.6 cm³/mol. The SMILES string of the molecule is C[Si]1(O)O[Si](C)(O)O[Si](C)(O)O[Si](C)(O)O[Si](C)(O)O1.[V].[V].[V].[V].[V]. The quantitative estimate of drug-likeness (QED) is 0.187. The van der Waals surface area contributed by atoms with E-state index in [1.807, 2.05) is 0 Å². The molecule has 145 valence electrons. The molecule has 1 heterocycles. The standard InChI is InChI=1S/C5H20O10Si5.5V/c1-16(6)11-17(2,7)13-19(4,9)15-20(5,10)14-18(3,8)12-16;;;;;/h6-10H,1-5H3;;;;;. The third-order valence-corrected chi connectivity index (χ3v) is 17.0. The summed E-state index contributed by atoms with van der Waals surface area (Å²) in [6.45, 7) is 5.75. The Morgan fingerprint density at radius 2 is 0.440 bits per heavy atom. The van der Waals surface area contributed by atoms with Crippen LogP contribution in [0.2, 0.25) is 32.7 Å². The Kier molecular flexibility index (Phi) is 20.5. The van der Waals surface area contributed by atoms with Crippen LogP contribution in [0.3, 0.4) is 0 Å². The van der Waals surface area contributed by atoms with Gasteiger partial charge >= 0.3 is 44.0 Å². The zero-order valence-electron chi connectivity index (χ0n) is 14.0. The summed E-state index contributed by atoms with van der Waals surface area (Å²) in [4.78, 5) is 50.1. The van der Waals surface area contributed by atoms with Gasteiger partial charge in [-0.05, 0) is 0 Å². The minimum atomic E-state index is -3.98. The molecule has 0 aromatic carbocycles. The van der Waals surface area contributed by atoms with Crippen LogP contribution in [0.25, 0.3) is 0 Å². The van der Waals surface area contributed by atoms with E-state index >= 15 is 0 Å². The van der Waals surface area contributed by atoms with Crippen molar-refractivity contribution in [2.24, 2.45) is 0 Å². The molecule has 0 saturated carbocycles. The van der Waals surface area contributed by atoms with Crippen molar-refractivity contribution in [1.29, 1.82) is 0 Å². The smallest absolute Gasteiger partial charge is 0.391 e. The average molecular weight is 635 g/mol. The van der Waals surface area contributed by atoms with Gasteiger partial charge in [-0.15, -0.1) is 0 Å². The molecule has 1 saturated heterocycles. The van der Waals surface area contributed by atoms with Crippen molar-refractivity contribution in [3.63, 3.8) is 0 Å². The first-order valence-corrected chi connectivity index (χ1v) is 17.0. The summed E-state index contributed by atoms with van der Waals surface area (Å²) in [6.07, 6.45) is 0. The van der Waals surface area contributed by atoms with E-state index in [1.54, 1.807) is 0 Å². The van der Waals surface area contributed by atoms with E-state index in [-0.39, 0.29) is 92.8 Å². The Bertz CT molecular complexity index is 286. The van der Waals surface area contributed by atoms with Crippen molar-refractivity contribution in [3.8, 4) is 0 Å². The van der Waals surface area contributed by atoms with Crippen LogP contribution in [-0.2, 0) is 113 Å². The van der Waals surface area contributed by atoms with Gasteiger partial charge in [0.25, 0.3) is 0 Å². The molecule has 5 N–H and O–H groups in total. The summed E-state index contributed by atoms with van der Waals surface area (Å²) in [6, 6.07) is 0. The molecule has 0 spiro atoms. The Hall–Kier alpha value is 3.61. The fraction of sp³-hybridized carbons (Fsp3) is 1.00. The normalized spacial score (nSPS) is 44.4. The van der Waals surface area contributed by atoms with Crippen LogP contribution in [-0.4, -0.2) is 68.0 Å². The van der Waals surface area contributed by atoms with Gasteiger partial charge in [0.05, 0.1) is 0 Å². The molecule has 1 rings (SSSR count). The van der Waals surface area contributed by atoms with E-state index in [9.17, 15) is 24.0 Å². The predicted octanol–water partition coefficient (Wildman–Crippen LogP) is -2.12. The van der Waals surface area contributed by atoms with E-state index in [0.29, 0.717) is 0 Å². The van der Waals surface area contributed by atoms with Gasteiger partial charge < -0.3 is 44.6 Å². The van der Waals surface area contributed by atoms with E-state index in [1.165, 1.54) is 0 Å². The number of hydrogen-bond acceptors (Lipinski definition) is 10. The minimum Gasteiger partial charge on any atom is -0.391 e. The maximum Gasteiger partial charge on any atom is 0.480 e. The summed E-state index contributed by atoms with van der Waals surface area (Å²) >= 11 is 0. The van der Waals surface area contributed by atoms with Crippen LogP contribution in [0.5, 0.6) is 0 Å². The fourth-order valence-corrected chi connectivity index (χ4v) is 18.6. The van der Waals surface area contributed by atoms with Crippen LogP contribution in [0.4, 0.5) is 0 Å². The van der Waals surface area contributed by atoms with Crippen molar-refractivity contribution in [2.75, 3.05) is 0 Å². The molecule has 0 aromatic heterocycles. The maximum absolute atomic E-state index is 10.0. The molecule has 0 aliphatic carbocycles. The zero-order valence-corrected chi connectivity index (χ0v) is 26.0. The topological polar surface area (TPSA) is 147 Å². The first-order chi connectivity index (χ1) is 8.54. The molecule has 1 aliphatic rings. The van der Waals surface area contributed by atoms with Crippen molar-refractivity contribution < 1.29 is 137 Å². The molecule has 0 atom stereocenters. The van der Waals surface area contributed by atoms with Crippen LogP contribution >= 0.6 is 0 Å². The van der Waals surface area contributed by atoms with Gasteiger partial charge in [-0.2, -0.15) is 0 Å². The van der Waals surface area contributed by atoms with E-state index in [4.69, 9.17) is 20.6 Å². The molecule has 10 nitrogen and oxygen atoms in total. The summed E-state index contributed by atoms with van der Waals surface area (Å²) in [5.41, 5.74) is 0. The zero-order chi connectivity index (χ0) is 16.0. The molecule has 20 heteroatoms. The molecule has 0 amide bonds. The second-order valence-corrected chi connectivity index (χ2v) is 18.1. The molecular weight excluding hydrogens is 615 g/mol.